The van der Waals surface area contributed by atoms with E-state index in [0.717, 1.165) is 25.0 Å². The van der Waals surface area contributed by atoms with Crippen LogP contribution >= 0.6 is 0 Å². The lowest BCUT2D eigenvalue weighted by Gasteiger charge is -2.46. The maximum atomic E-state index is 14.2. The number of nitrogens with zero attached hydrogens (tertiary/aromatic N) is 7. The number of hydrogen-bond donors (Lipinski definition) is 0. The van der Waals surface area contributed by atoms with Gasteiger partial charge in [-0.15, -0.1) is 5.10 Å². The molecule has 49 heavy (non-hydrogen) atoms. The Balaban J connectivity index is 1.09. The zero-order chi connectivity index (χ0) is 34.1. The molecule has 0 spiro atoms. The van der Waals surface area contributed by atoms with E-state index in [0.29, 0.717) is 70.9 Å². The van der Waals surface area contributed by atoms with Gasteiger partial charge in [0.2, 0.25) is 11.8 Å². The summed E-state index contributed by atoms with van der Waals surface area (Å²) in [4.78, 5) is 48.0. The molecule has 14 nitrogen and oxygen atoms in total. The molecule has 0 unspecified atom stereocenters. The smallest absolute Gasteiger partial charge is 0.416 e. The van der Waals surface area contributed by atoms with E-state index in [4.69, 9.17) is 18.9 Å². The first-order chi connectivity index (χ1) is 23.6. The number of carbonyl (C=O) groups is 3. The Morgan fingerprint density at radius 2 is 1.73 bits per heavy atom. The lowest BCUT2D eigenvalue weighted by atomic mass is 10.0. The van der Waals surface area contributed by atoms with Gasteiger partial charge in [0.1, 0.15) is 30.6 Å². The van der Waals surface area contributed by atoms with Gasteiger partial charge in [0, 0.05) is 64.9 Å². The maximum Gasteiger partial charge on any atom is 0.416 e. The Labute approximate surface area is 280 Å². The van der Waals surface area contributed by atoms with Crippen LogP contribution in [0.1, 0.15) is 40.9 Å². The van der Waals surface area contributed by atoms with Gasteiger partial charge in [-0.3, -0.25) is 19.3 Å². The molecule has 17 heteroatoms. The van der Waals surface area contributed by atoms with Crippen LogP contribution in [0.5, 0.6) is 5.75 Å². The van der Waals surface area contributed by atoms with Crippen molar-refractivity contribution in [3.8, 4) is 5.75 Å². The summed E-state index contributed by atoms with van der Waals surface area (Å²) in [6.07, 6.45) is -1.74. The second kappa shape index (κ2) is 14.2. The Bertz CT molecular complexity index is 1530. The van der Waals surface area contributed by atoms with Crippen molar-refractivity contribution < 1.29 is 46.5 Å². The Hall–Kier alpha value is -3.80. The largest absolute Gasteiger partial charge is 0.491 e. The summed E-state index contributed by atoms with van der Waals surface area (Å²) in [5, 5.41) is 8.16. The van der Waals surface area contributed by atoms with Gasteiger partial charge in [0.15, 0.2) is 0 Å². The molecule has 3 amide bonds. The fourth-order valence-electron chi connectivity index (χ4n) is 7.34. The molecule has 2 aromatic rings. The molecule has 7 rings (SSSR count). The van der Waals surface area contributed by atoms with Crippen LogP contribution in [0.4, 0.5) is 13.2 Å². The molecule has 5 aliphatic rings. The summed E-state index contributed by atoms with van der Waals surface area (Å²) in [6.45, 7) is 5.01. The lowest BCUT2D eigenvalue weighted by molar-refractivity contribution is -0.143. The number of benzene rings is 1. The molecule has 3 atom stereocenters. The standard InChI is InChI=1S/C32H40F3N7O7/c33-32(34,35)21-1-2-28-26(13-21)30(44)42-17-25(48-19-22-15-40(37-36-22)18-29(43)38-7-11-47-12-8-38)14-27(42)31(45)41-6-5-39(16-24(41)20-49-28)23-3-9-46-10-4-23/h1-2,13,15,23-25,27H,3-12,14,16-20H2/t24-,25+,27-/m0/s1. The molecule has 0 saturated carbocycles. The van der Waals surface area contributed by atoms with Crippen molar-refractivity contribution in [1.29, 1.82) is 0 Å². The topological polar surface area (TPSA) is 132 Å². The molecule has 6 heterocycles. The highest BCUT2D eigenvalue weighted by Gasteiger charge is 2.47. The number of amides is 3. The van der Waals surface area contributed by atoms with Crippen molar-refractivity contribution in [2.45, 2.75) is 62.8 Å². The summed E-state index contributed by atoms with van der Waals surface area (Å²) in [7, 11) is 0. The van der Waals surface area contributed by atoms with Crippen LogP contribution in [0.2, 0.25) is 0 Å². The Kier molecular flexibility index (Phi) is 9.77. The fourth-order valence-corrected chi connectivity index (χ4v) is 7.34. The van der Waals surface area contributed by atoms with Gasteiger partial charge < -0.3 is 33.6 Å². The fraction of sp³-hybridized carbons (Fsp3) is 0.656. The molecular weight excluding hydrogens is 651 g/mol. The monoisotopic (exact) mass is 691 g/mol. The number of morpholine rings is 1. The third-order valence-electron chi connectivity index (χ3n) is 10.00. The van der Waals surface area contributed by atoms with Gasteiger partial charge in [0.25, 0.3) is 5.91 Å². The number of fused-ring (bicyclic) bond motifs is 3. The highest BCUT2D eigenvalue weighted by Crippen LogP contribution is 2.36. The van der Waals surface area contributed by atoms with Gasteiger partial charge >= 0.3 is 6.18 Å². The second-order valence-electron chi connectivity index (χ2n) is 13.1. The molecule has 0 N–H and O–H groups in total. The van der Waals surface area contributed by atoms with Crippen LogP contribution in [-0.4, -0.2) is 149 Å². The minimum Gasteiger partial charge on any atom is -0.491 e. The predicted molar refractivity (Wildman–Crippen MR) is 163 cm³/mol. The van der Waals surface area contributed by atoms with Gasteiger partial charge in [-0.05, 0) is 31.0 Å². The van der Waals surface area contributed by atoms with Crippen LogP contribution in [0.15, 0.2) is 24.4 Å². The number of aromatic nitrogens is 3. The van der Waals surface area contributed by atoms with Crippen LogP contribution in [-0.2, 0) is 43.1 Å². The van der Waals surface area contributed by atoms with E-state index in [1.807, 2.05) is 0 Å². The quantitative estimate of drug-likeness (QED) is 0.433. The van der Waals surface area contributed by atoms with E-state index in [2.05, 4.69) is 15.2 Å². The minimum absolute atomic E-state index is 0.00365. The molecule has 4 saturated heterocycles. The van der Waals surface area contributed by atoms with Crippen LogP contribution < -0.4 is 4.74 Å². The van der Waals surface area contributed by atoms with E-state index in [1.54, 1.807) is 16.0 Å². The van der Waals surface area contributed by atoms with Crippen molar-refractivity contribution in [1.82, 2.24) is 34.6 Å². The van der Waals surface area contributed by atoms with Crippen LogP contribution in [0.3, 0.4) is 0 Å². The highest BCUT2D eigenvalue weighted by atomic mass is 19.4. The number of alkyl halides is 3. The average molecular weight is 692 g/mol. The third kappa shape index (κ3) is 7.39. The molecule has 5 aliphatic heterocycles. The molecule has 1 aromatic heterocycles. The van der Waals surface area contributed by atoms with Crippen molar-refractivity contribution in [2.24, 2.45) is 0 Å². The zero-order valence-electron chi connectivity index (χ0n) is 27.1. The lowest BCUT2D eigenvalue weighted by Crippen LogP contribution is -2.62. The first-order valence-electron chi connectivity index (χ1n) is 16.8. The predicted octanol–water partition coefficient (Wildman–Crippen LogP) is 1.04. The number of hydrogen-bond acceptors (Lipinski definition) is 10. The number of rotatable bonds is 6. The van der Waals surface area contributed by atoms with Gasteiger partial charge in [-0.25, -0.2) is 4.68 Å². The molecule has 0 aliphatic carbocycles. The van der Waals surface area contributed by atoms with Crippen molar-refractivity contribution >= 4 is 17.7 Å². The normalized spacial score (nSPS) is 25.9. The van der Waals surface area contributed by atoms with Gasteiger partial charge in [-0.1, -0.05) is 5.21 Å². The van der Waals surface area contributed by atoms with Crippen LogP contribution in [0, 0.1) is 0 Å². The van der Waals surface area contributed by atoms with Gasteiger partial charge in [0.05, 0.1) is 49.3 Å². The van der Waals surface area contributed by atoms with E-state index in [9.17, 15) is 27.6 Å². The van der Waals surface area contributed by atoms with Crippen LogP contribution in [0.25, 0.3) is 0 Å². The summed E-state index contributed by atoms with van der Waals surface area (Å²) in [6, 6.07) is 1.90. The first-order valence-corrected chi connectivity index (χ1v) is 16.8. The van der Waals surface area contributed by atoms with Crippen molar-refractivity contribution in [3.63, 3.8) is 0 Å². The summed E-state index contributed by atoms with van der Waals surface area (Å²) in [5.74, 6) is -1.06. The number of halogens is 3. The molecular formula is C32H40F3N7O7. The molecule has 4 fully saturated rings. The molecule has 266 valence electrons. The van der Waals surface area contributed by atoms with E-state index in [-0.39, 0.29) is 61.9 Å². The number of carbonyl (C=O) groups excluding carboxylic acids is 3. The Morgan fingerprint density at radius 3 is 2.51 bits per heavy atom. The third-order valence-corrected chi connectivity index (χ3v) is 10.00. The van der Waals surface area contributed by atoms with Gasteiger partial charge in [-0.2, -0.15) is 13.2 Å². The summed E-state index contributed by atoms with van der Waals surface area (Å²) in [5.41, 5.74) is -0.764. The average Bonchev–Trinajstić information content (AvgIpc) is 3.76. The number of ether oxygens (including phenoxy) is 4. The maximum absolute atomic E-state index is 14.2. The second-order valence-corrected chi connectivity index (χ2v) is 13.1. The van der Waals surface area contributed by atoms with E-state index >= 15 is 0 Å². The summed E-state index contributed by atoms with van der Waals surface area (Å²) >= 11 is 0. The van der Waals surface area contributed by atoms with Crippen molar-refractivity contribution in [3.05, 3.63) is 41.2 Å². The molecule has 0 radical (unpaired) electrons. The Morgan fingerprint density at radius 1 is 0.959 bits per heavy atom. The molecule has 1 aromatic carbocycles. The van der Waals surface area contributed by atoms with E-state index in [1.165, 1.54) is 15.6 Å². The SMILES string of the molecule is O=C(Cn1cc(CO[C@@H]2C[C@H]3C(=O)N4CCN(C5CCOCC5)C[C@H]4COc4ccc(C(F)(F)F)cc4C(=O)N3C2)nn1)N1CCOCC1. The van der Waals surface area contributed by atoms with Crippen molar-refractivity contribution in [2.75, 3.05) is 72.3 Å². The zero-order valence-corrected chi connectivity index (χ0v) is 27.1. The minimum atomic E-state index is -4.68. The highest BCUT2D eigenvalue weighted by molar-refractivity contribution is 6.00. The summed E-state index contributed by atoms with van der Waals surface area (Å²) < 4.78 is 65.8. The first kappa shape index (κ1) is 33.7. The number of piperazine rings is 1. The molecule has 0 bridgehead atoms. The van der Waals surface area contributed by atoms with E-state index < -0.39 is 29.8 Å².